The summed E-state index contributed by atoms with van der Waals surface area (Å²) in [6.07, 6.45) is 5.06. The van der Waals surface area contributed by atoms with E-state index in [1.807, 2.05) is 12.1 Å². The van der Waals surface area contributed by atoms with Crippen molar-refractivity contribution in [1.82, 2.24) is 10.3 Å². The number of carbonyl (C=O) groups excluding carboxylic acids is 1. The number of halogens is 1. The lowest BCUT2D eigenvalue weighted by atomic mass is 9.99. The Labute approximate surface area is 146 Å². The van der Waals surface area contributed by atoms with Crippen LogP contribution < -0.4 is 16.0 Å². The maximum atomic E-state index is 11.9. The van der Waals surface area contributed by atoms with E-state index in [-0.39, 0.29) is 6.03 Å². The first-order valence-electron chi connectivity index (χ1n) is 8.18. The molecule has 2 amide bonds. The smallest absolute Gasteiger partial charge is 0.316 e. The summed E-state index contributed by atoms with van der Waals surface area (Å²) in [6.45, 7) is 2.28. The molecule has 6 heteroatoms. The van der Waals surface area contributed by atoms with Crippen LogP contribution in [0.4, 0.5) is 16.3 Å². The third kappa shape index (κ3) is 4.94. The molecule has 2 heterocycles. The number of anilines is 2. The highest BCUT2D eigenvalue weighted by atomic mass is 35.5. The first kappa shape index (κ1) is 16.7. The second kappa shape index (κ2) is 8.13. The Hall–Kier alpha value is -2.11. The molecular formula is C18H21ClN4O. The summed E-state index contributed by atoms with van der Waals surface area (Å²) in [6, 6.07) is 11.0. The molecule has 1 atom stereocenters. The summed E-state index contributed by atoms with van der Waals surface area (Å²) < 4.78 is 0. The summed E-state index contributed by atoms with van der Waals surface area (Å²) in [7, 11) is 0. The molecular weight excluding hydrogens is 324 g/mol. The van der Waals surface area contributed by atoms with Crippen LogP contribution in [0.15, 0.2) is 42.6 Å². The van der Waals surface area contributed by atoms with Crippen LogP contribution in [0.3, 0.4) is 0 Å². The lowest BCUT2D eigenvalue weighted by Gasteiger charge is -2.10. The third-order valence-corrected chi connectivity index (χ3v) is 4.41. The van der Waals surface area contributed by atoms with Gasteiger partial charge < -0.3 is 10.6 Å². The maximum Gasteiger partial charge on any atom is 0.324 e. The van der Waals surface area contributed by atoms with Gasteiger partial charge in [-0.15, -0.1) is 0 Å². The molecule has 1 fully saturated rings. The second-order valence-electron chi connectivity index (χ2n) is 6.04. The number of nitrogens with one attached hydrogen (secondary N) is 3. The fraction of sp³-hybridized carbons (Fsp3) is 0.333. The summed E-state index contributed by atoms with van der Waals surface area (Å²) in [5.74, 6) is 1.25. The number of rotatable bonds is 5. The lowest BCUT2D eigenvalue weighted by Crippen LogP contribution is -2.19. The van der Waals surface area contributed by atoms with Crippen molar-refractivity contribution >= 4 is 29.1 Å². The molecule has 1 aromatic carbocycles. The average molecular weight is 345 g/mol. The Bertz CT molecular complexity index is 666. The number of aryl methyl sites for hydroxylation is 1. The normalized spacial score (nSPS) is 16.8. The van der Waals surface area contributed by atoms with Crippen molar-refractivity contribution in [3.63, 3.8) is 0 Å². The third-order valence-electron chi connectivity index (χ3n) is 4.18. The number of benzene rings is 1. The summed E-state index contributed by atoms with van der Waals surface area (Å²) in [4.78, 5) is 16.0. The molecule has 1 aliphatic heterocycles. The van der Waals surface area contributed by atoms with Gasteiger partial charge in [0, 0.05) is 11.9 Å². The van der Waals surface area contributed by atoms with Gasteiger partial charge in [-0.1, -0.05) is 23.7 Å². The minimum atomic E-state index is -0.324. The van der Waals surface area contributed by atoms with Crippen LogP contribution in [-0.2, 0) is 6.42 Å². The SMILES string of the molecule is O=C(Nc1ccc(CCC2CCNC2)cc1)Nc1ccc(Cl)cn1. The second-order valence-corrected chi connectivity index (χ2v) is 6.47. The van der Waals surface area contributed by atoms with E-state index in [1.165, 1.54) is 24.6 Å². The fourth-order valence-corrected chi connectivity index (χ4v) is 2.93. The number of amides is 2. The molecule has 0 aliphatic carbocycles. The fourth-order valence-electron chi connectivity index (χ4n) is 2.81. The number of hydrogen-bond acceptors (Lipinski definition) is 3. The van der Waals surface area contributed by atoms with Crippen LogP contribution in [0.2, 0.25) is 5.02 Å². The number of aromatic nitrogens is 1. The van der Waals surface area contributed by atoms with Crippen LogP contribution >= 0.6 is 11.6 Å². The first-order chi connectivity index (χ1) is 11.7. The standard InChI is InChI=1S/C18H21ClN4O/c19-15-5-8-17(21-12-15)23-18(24)22-16-6-3-13(4-7-16)1-2-14-9-10-20-11-14/h3-8,12,14,20H,1-2,9-11H2,(H2,21,22,23,24). The van der Waals surface area contributed by atoms with Crippen LogP contribution in [-0.4, -0.2) is 24.1 Å². The number of nitrogens with zero attached hydrogens (tertiary/aromatic N) is 1. The van der Waals surface area contributed by atoms with E-state index in [2.05, 4.69) is 33.1 Å². The molecule has 1 unspecified atom stereocenters. The van der Waals surface area contributed by atoms with Crippen LogP contribution in [0.5, 0.6) is 0 Å². The van der Waals surface area contributed by atoms with Crippen molar-refractivity contribution in [2.24, 2.45) is 5.92 Å². The van der Waals surface area contributed by atoms with Gasteiger partial charge in [-0.2, -0.15) is 0 Å². The van der Waals surface area contributed by atoms with E-state index in [1.54, 1.807) is 12.1 Å². The first-order valence-corrected chi connectivity index (χ1v) is 8.56. The van der Waals surface area contributed by atoms with E-state index in [9.17, 15) is 4.79 Å². The highest BCUT2D eigenvalue weighted by Crippen LogP contribution is 2.17. The van der Waals surface area contributed by atoms with Gasteiger partial charge in [-0.05, 0) is 68.1 Å². The molecule has 5 nitrogen and oxygen atoms in total. The summed E-state index contributed by atoms with van der Waals surface area (Å²) in [5.41, 5.74) is 2.06. The van der Waals surface area contributed by atoms with Crippen molar-refractivity contribution in [2.75, 3.05) is 23.7 Å². The van der Waals surface area contributed by atoms with Crippen LogP contribution in [0, 0.1) is 5.92 Å². The van der Waals surface area contributed by atoms with E-state index in [0.717, 1.165) is 31.1 Å². The predicted octanol–water partition coefficient (Wildman–Crippen LogP) is 3.92. The van der Waals surface area contributed by atoms with E-state index < -0.39 is 0 Å². The average Bonchev–Trinajstić information content (AvgIpc) is 3.10. The van der Waals surface area contributed by atoms with Gasteiger partial charge in [0.25, 0.3) is 0 Å². The maximum absolute atomic E-state index is 11.9. The van der Waals surface area contributed by atoms with Crippen molar-refractivity contribution in [1.29, 1.82) is 0 Å². The van der Waals surface area contributed by atoms with Crippen molar-refractivity contribution < 1.29 is 4.79 Å². The highest BCUT2D eigenvalue weighted by Gasteiger charge is 2.13. The molecule has 126 valence electrons. The van der Waals surface area contributed by atoms with Gasteiger partial charge in [0.05, 0.1) is 5.02 Å². The van der Waals surface area contributed by atoms with Crippen molar-refractivity contribution in [3.05, 3.63) is 53.2 Å². The van der Waals surface area contributed by atoms with Gasteiger partial charge in [0.2, 0.25) is 0 Å². The summed E-state index contributed by atoms with van der Waals surface area (Å²) in [5, 5.41) is 9.39. The molecule has 3 rings (SSSR count). The molecule has 0 spiro atoms. The van der Waals surface area contributed by atoms with Crippen LogP contribution in [0.1, 0.15) is 18.4 Å². The monoisotopic (exact) mass is 344 g/mol. The minimum absolute atomic E-state index is 0.324. The number of pyridine rings is 1. The molecule has 1 aliphatic rings. The van der Waals surface area contributed by atoms with Gasteiger partial charge in [0.1, 0.15) is 5.82 Å². The number of hydrogen-bond donors (Lipinski definition) is 3. The van der Waals surface area contributed by atoms with E-state index >= 15 is 0 Å². The molecule has 1 aromatic heterocycles. The number of carbonyl (C=O) groups is 1. The topological polar surface area (TPSA) is 66.1 Å². The van der Waals surface area contributed by atoms with Crippen molar-refractivity contribution in [2.45, 2.75) is 19.3 Å². The lowest BCUT2D eigenvalue weighted by molar-refractivity contribution is 0.262. The number of urea groups is 1. The molecule has 0 bridgehead atoms. The Morgan fingerprint density at radius 3 is 2.71 bits per heavy atom. The van der Waals surface area contributed by atoms with Crippen LogP contribution in [0.25, 0.3) is 0 Å². The van der Waals surface area contributed by atoms with E-state index in [0.29, 0.717) is 10.8 Å². The van der Waals surface area contributed by atoms with E-state index in [4.69, 9.17) is 11.6 Å². The largest absolute Gasteiger partial charge is 0.324 e. The highest BCUT2D eigenvalue weighted by molar-refractivity contribution is 6.30. The zero-order chi connectivity index (χ0) is 16.8. The molecule has 0 radical (unpaired) electrons. The molecule has 3 N–H and O–H groups in total. The molecule has 24 heavy (non-hydrogen) atoms. The zero-order valence-corrected chi connectivity index (χ0v) is 14.1. The van der Waals surface area contributed by atoms with Gasteiger partial charge in [-0.3, -0.25) is 5.32 Å². The Kier molecular flexibility index (Phi) is 5.67. The quantitative estimate of drug-likeness (QED) is 0.770. The van der Waals surface area contributed by atoms with Crippen molar-refractivity contribution in [3.8, 4) is 0 Å². The molecule has 2 aromatic rings. The Morgan fingerprint density at radius 1 is 1.21 bits per heavy atom. The van der Waals surface area contributed by atoms with Gasteiger partial charge in [0.15, 0.2) is 0 Å². The Morgan fingerprint density at radius 2 is 2.04 bits per heavy atom. The zero-order valence-electron chi connectivity index (χ0n) is 13.4. The van der Waals surface area contributed by atoms with Gasteiger partial charge >= 0.3 is 6.03 Å². The molecule has 1 saturated heterocycles. The summed E-state index contributed by atoms with van der Waals surface area (Å²) >= 11 is 5.77. The Balaban J connectivity index is 1.47. The molecule has 0 saturated carbocycles. The minimum Gasteiger partial charge on any atom is -0.316 e. The predicted molar refractivity (Wildman–Crippen MR) is 97.6 cm³/mol. The van der Waals surface area contributed by atoms with Gasteiger partial charge in [-0.25, -0.2) is 9.78 Å².